The Morgan fingerprint density at radius 1 is 0.972 bits per heavy atom. The Balaban J connectivity index is 1.74. The average molecular weight is 506 g/mol. The van der Waals surface area contributed by atoms with Gasteiger partial charge in [0.2, 0.25) is 0 Å². The van der Waals surface area contributed by atoms with E-state index < -0.39 is 11.8 Å². The van der Waals surface area contributed by atoms with E-state index in [1.807, 2.05) is 56.6 Å². The Kier molecular flexibility index (Phi) is 6.71. The number of carbonyl (C=O) groups excluding carboxylic acids is 2. The number of imide groups is 1. The number of fused-ring (bicyclic) bond motifs is 5. The van der Waals surface area contributed by atoms with E-state index in [0.29, 0.717) is 46.8 Å². The fraction of sp³-hybridized carbons (Fsp3) is 0.286. The summed E-state index contributed by atoms with van der Waals surface area (Å²) in [5.74, 6) is -0.110. The van der Waals surface area contributed by atoms with E-state index in [4.69, 9.17) is 16.3 Å². The van der Waals surface area contributed by atoms with Gasteiger partial charge in [0.15, 0.2) is 0 Å². The molecular formula is C28H28ClN3O4. The fourth-order valence-corrected chi connectivity index (χ4v) is 5.18. The first-order valence-corrected chi connectivity index (χ1v) is 12.4. The molecular weight excluding hydrogens is 478 g/mol. The summed E-state index contributed by atoms with van der Waals surface area (Å²) in [7, 11) is 4.06. The molecule has 186 valence electrons. The number of carbonyl (C=O) groups is 2. The Morgan fingerprint density at radius 3 is 2.50 bits per heavy atom. The zero-order valence-corrected chi connectivity index (χ0v) is 21.1. The van der Waals surface area contributed by atoms with Crippen LogP contribution in [0.2, 0.25) is 5.02 Å². The van der Waals surface area contributed by atoms with Crippen molar-refractivity contribution < 1.29 is 19.4 Å². The second kappa shape index (κ2) is 9.93. The minimum absolute atomic E-state index is 0.0309. The molecule has 0 saturated heterocycles. The van der Waals surface area contributed by atoms with E-state index in [1.54, 1.807) is 6.07 Å². The maximum atomic E-state index is 13.1. The van der Waals surface area contributed by atoms with Crippen molar-refractivity contribution in [3.63, 3.8) is 0 Å². The highest BCUT2D eigenvalue weighted by molar-refractivity contribution is 6.36. The van der Waals surface area contributed by atoms with E-state index in [0.717, 1.165) is 40.5 Å². The van der Waals surface area contributed by atoms with Crippen LogP contribution in [0.15, 0.2) is 48.5 Å². The molecule has 0 fully saturated rings. The summed E-state index contributed by atoms with van der Waals surface area (Å²) in [6.45, 7) is 2.09. The number of ether oxygens (including phenoxy) is 1. The lowest BCUT2D eigenvalue weighted by molar-refractivity contribution is 0.0880. The van der Waals surface area contributed by atoms with Crippen LogP contribution in [-0.4, -0.2) is 60.2 Å². The average Bonchev–Trinajstić information content (AvgIpc) is 3.33. The third-order valence-electron chi connectivity index (χ3n) is 6.53. The number of aromatic nitrogens is 1. The van der Waals surface area contributed by atoms with Crippen LogP contribution in [0.3, 0.4) is 0 Å². The molecule has 4 aromatic rings. The van der Waals surface area contributed by atoms with Gasteiger partial charge in [-0.3, -0.25) is 14.9 Å². The molecule has 0 saturated carbocycles. The first-order valence-electron chi connectivity index (χ1n) is 12.0. The van der Waals surface area contributed by atoms with Crippen LogP contribution in [0.1, 0.15) is 33.6 Å². The summed E-state index contributed by atoms with van der Waals surface area (Å²) >= 11 is 6.52. The molecule has 8 heteroatoms. The van der Waals surface area contributed by atoms with Gasteiger partial charge in [0.1, 0.15) is 5.75 Å². The predicted octanol–water partition coefficient (Wildman–Crippen LogP) is 4.71. The highest BCUT2D eigenvalue weighted by atomic mass is 35.5. The highest BCUT2D eigenvalue weighted by Gasteiger charge is 2.34. The number of hydrogen-bond donors (Lipinski definition) is 2. The van der Waals surface area contributed by atoms with Gasteiger partial charge in [-0.2, -0.15) is 0 Å². The molecule has 0 unspecified atom stereocenters. The van der Waals surface area contributed by atoms with Crippen molar-refractivity contribution in [1.82, 2.24) is 14.8 Å². The molecule has 3 aromatic carbocycles. The summed E-state index contributed by atoms with van der Waals surface area (Å²) in [6.07, 6.45) is 1.44. The van der Waals surface area contributed by atoms with Crippen LogP contribution >= 0.6 is 11.6 Å². The third kappa shape index (κ3) is 4.23. The molecule has 1 aliphatic heterocycles. The second-order valence-electron chi connectivity index (χ2n) is 9.24. The Hall–Kier alpha value is -3.39. The summed E-state index contributed by atoms with van der Waals surface area (Å²) in [6, 6.07) is 15.0. The van der Waals surface area contributed by atoms with Crippen LogP contribution in [0.25, 0.3) is 32.9 Å². The molecule has 0 atom stereocenters. The van der Waals surface area contributed by atoms with Gasteiger partial charge < -0.3 is 19.3 Å². The van der Waals surface area contributed by atoms with E-state index in [1.165, 1.54) is 0 Å². The Morgan fingerprint density at radius 2 is 1.75 bits per heavy atom. The van der Waals surface area contributed by atoms with Gasteiger partial charge in [-0.1, -0.05) is 29.8 Å². The lowest BCUT2D eigenvalue weighted by atomic mass is 9.93. The van der Waals surface area contributed by atoms with Crippen LogP contribution < -0.4 is 10.1 Å². The minimum atomic E-state index is -0.427. The summed E-state index contributed by atoms with van der Waals surface area (Å²) in [5.41, 5.74) is 3.69. The Bertz CT molecular complexity index is 1490. The third-order valence-corrected chi connectivity index (χ3v) is 6.86. The van der Waals surface area contributed by atoms with E-state index in [-0.39, 0.29) is 6.61 Å². The van der Waals surface area contributed by atoms with Crippen molar-refractivity contribution in [1.29, 1.82) is 0 Å². The number of halogens is 1. The van der Waals surface area contributed by atoms with Gasteiger partial charge >= 0.3 is 0 Å². The molecule has 7 nitrogen and oxygen atoms in total. The minimum Gasteiger partial charge on any atom is -0.493 e. The first-order chi connectivity index (χ1) is 17.4. The quantitative estimate of drug-likeness (QED) is 0.254. The molecule has 2 amide bonds. The summed E-state index contributed by atoms with van der Waals surface area (Å²) in [5, 5.41) is 14.1. The largest absolute Gasteiger partial charge is 0.493 e. The SMILES string of the molecule is CN(C)CCCOc1ccc2c3c4c(c(-c5ccccc5Cl)cc3n(CCCO)c2c1)C(=O)NC4=O. The molecule has 0 spiro atoms. The van der Waals surface area contributed by atoms with E-state index >= 15 is 0 Å². The molecule has 1 aromatic heterocycles. The molecule has 36 heavy (non-hydrogen) atoms. The number of hydrogen-bond acceptors (Lipinski definition) is 5. The van der Waals surface area contributed by atoms with Crippen LogP contribution in [0, 0.1) is 0 Å². The maximum Gasteiger partial charge on any atom is 0.259 e. The molecule has 1 aliphatic rings. The van der Waals surface area contributed by atoms with Crippen molar-refractivity contribution in [3.8, 4) is 16.9 Å². The van der Waals surface area contributed by atoms with Crippen molar-refractivity contribution in [3.05, 3.63) is 64.7 Å². The number of nitrogens with one attached hydrogen (secondary N) is 1. The number of amides is 2. The number of nitrogens with zero attached hydrogens (tertiary/aromatic N) is 2. The van der Waals surface area contributed by atoms with Gasteiger partial charge in [-0.25, -0.2) is 0 Å². The second-order valence-corrected chi connectivity index (χ2v) is 9.65. The van der Waals surface area contributed by atoms with Gasteiger partial charge in [0.25, 0.3) is 11.8 Å². The fourth-order valence-electron chi connectivity index (χ4n) is 4.94. The lowest BCUT2D eigenvalue weighted by Gasteiger charge is -2.12. The maximum absolute atomic E-state index is 13.1. The van der Waals surface area contributed by atoms with Crippen molar-refractivity contribution in [2.45, 2.75) is 19.4 Å². The smallest absolute Gasteiger partial charge is 0.259 e. The number of aliphatic hydroxyl groups is 1. The molecule has 2 N–H and O–H groups in total. The van der Waals surface area contributed by atoms with Crippen molar-refractivity contribution in [2.24, 2.45) is 0 Å². The topological polar surface area (TPSA) is 83.8 Å². The molecule has 2 heterocycles. The number of rotatable bonds is 9. The van der Waals surface area contributed by atoms with Crippen LogP contribution in [0.4, 0.5) is 0 Å². The number of aliphatic hydroxyl groups excluding tert-OH is 1. The molecule has 0 radical (unpaired) electrons. The standard InChI is InChI=1S/C28H28ClN3O4/c1-31(2)11-6-14-36-17-9-10-19-22(15-17)32(12-5-13-33)23-16-20(18-7-3-4-8-21(18)29)25-26(24(19)23)28(35)30-27(25)34/h3-4,7-10,15-16,33H,5-6,11-14H2,1-2H3,(H,30,34,35). The number of benzene rings is 3. The van der Waals surface area contributed by atoms with Gasteiger partial charge in [0, 0.05) is 47.1 Å². The summed E-state index contributed by atoms with van der Waals surface area (Å²) < 4.78 is 8.11. The number of aryl methyl sites for hydroxylation is 1. The van der Waals surface area contributed by atoms with Gasteiger partial charge in [0.05, 0.1) is 28.8 Å². The molecule has 0 bridgehead atoms. The zero-order valence-electron chi connectivity index (χ0n) is 20.3. The molecule has 0 aliphatic carbocycles. The van der Waals surface area contributed by atoms with E-state index in [9.17, 15) is 14.7 Å². The van der Waals surface area contributed by atoms with Crippen LogP contribution in [0.5, 0.6) is 5.75 Å². The lowest BCUT2D eigenvalue weighted by Crippen LogP contribution is -2.20. The monoisotopic (exact) mass is 505 g/mol. The molecule has 5 rings (SSSR count). The normalized spacial score (nSPS) is 13.1. The van der Waals surface area contributed by atoms with Crippen LogP contribution in [-0.2, 0) is 6.54 Å². The van der Waals surface area contributed by atoms with Crippen molar-refractivity contribution in [2.75, 3.05) is 33.9 Å². The first kappa shape index (κ1) is 24.3. The van der Waals surface area contributed by atoms with Gasteiger partial charge in [-0.15, -0.1) is 0 Å². The predicted molar refractivity (Wildman–Crippen MR) is 142 cm³/mol. The Labute approximate surface area is 214 Å². The zero-order chi connectivity index (χ0) is 25.4. The van der Waals surface area contributed by atoms with Crippen molar-refractivity contribution >= 4 is 45.2 Å². The highest BCUT2D eigenvalue weighted by Crippen LogP contribution is 2.42. The van der Waals surface area contributed by atoms with Gasteiger partial charge in [-0.05, 0) is 56.8 Å². The summed E-state index contributed by atoms with van der Waals surface area (Å²) in [4.78, 5) is 28.1. The van der Waals surface area contributed by atoms with E-state index in [2.05, 4.69) is 14.8 Å².